The molecule has 6 rings (SSSR count). The highest BCUT2D eigenvalue weighted by Crippen LogP contribution is 2.38. The number of aromatic hydroxyl groups is 8. The molecule has 0 heterocycles. The van der Waals surface area contributed by atoms with Crippen molar-refractivity contribution in [3.63, 3.8) is 0 Å². The fourth-order valence-electron chi connectivity index (χ4n) is 7.17. The third-order valence-corrected chi connectivity index (χ3v) is 10.3. The van der Waals surface area contributed by atoms with Crippen LogP contribution in [0, 0.1) is 5.92 Å². The lowest BCUT2D eigenvalue weighted by molar-refractivity contribution is 0.367. The minimum Gasteiger partial charge on any atom is -0.508 e. The van der Waals surface area contributed by atoms with Crippen LogP contribution in [0.1, 0.15) is 56.8 Å². The van der Waals surface area contributed by atoms with Crippen LogP contribution in [0.25, 0.3) is 0 Å². The predicted molar refractivity (Wildman–Crippen MR) is 209 cm³/mol. The summed E-state index contributed by atoms with van der Waals surface area (Å²) >= 11 is 0. The van der Waals surface area contributed by atoms with Crippen molar-refractivity contribution in [3.05, 3.63) is 166 Å². The molecule has 0 unspecified atom stereocenters. The van der Waals surface area contributed by atoms with E-state index in [4.69, 9.17) is 0 Å². The molecule has 2 atom stereocenters. The van der Waals surface area contributed by atoms with Gasteiger partial charge in [0.15, 0.2) is 34.5 Å². The summed E-state index contributed by atoms with van der Waals surface area (Å²) in [6, 6.07) is 37.8. The first-order valence-electron chi connectivity index (χ1n) is 18.2. The van der Waals surface area contributed by atoms with Crippen molar-refractivity contribution in [3.8, 4) is 46.0 Å². The summed E-state index contributed by atoms with van der Waals surface area (Å²) < 4.78 is 0. The molecule has 6 aromatic carbocycles. The van der Waals surface area contributed by atoms with Crippen LogP contribution >= 0.6 is 0 Å². The lowest BCUT2D eigenvalue weighted by Gasteiger charge is -2.29. The molecule has 0 amide bonds. The van der Waals surface area contributed by atoms with Gasteiger partial charge in [0.1, 0.15) is 11.5 Å². The van der Waals surface area contributed by atoms with Crippen molar-refractivity contribution in [2.24, 2.45) is 5.92 Å². The van der Waals surface area contributed by atoms with E-state index >= 15 is 0 Å². The van der Waals surface area contributed by atoms with E-state index in [-0.39, 0.29) is 46.3 Å². The number of hydrogen-bond acceptors (Lipinski definition) is 8. The third-order valence-electron chi connectivity index (χ3n) is 10.3. The second-order valence-electron chi connectivity index (χ2n) is 14.2. The molecule has 278 valence electrons. The molecule has 0 aliphatic carbocycles. The molecule has 0 fully saturated rings. The number of phenolic OH excluding ortho intramolecular Hbond substituents is 8. The minimum atomic E-state index is -0.517. The minimum absolute atomic E-state index is 0.117. The molecule has 0 saturated heterocycles. The largest absolute Gasteiger partial charge is 0.508 e. The summed E-state index contributed by atoms with van der Waals surface area (Å²) in [7, 11) is 0. The van der Waals surface area contributed by atoms with Gasteiger partial charge in [0.05, 0.1) is 0 Å². The van der Waals surface area contributed by atoms with Crippen LogP contribution < -0.4 is 0 Å². The van der Waals surface area contributed by atoms with E-state index in [0.29, 0.717) is 25.7 Å². The maximum Gasteiger partial charge on any atom is 0.200 e. The molecule has 0 bridgehead atoms. The number of benzene rings is 6. The lowest BCUT2D eigenvalue weighted by Crippen LogP contribution is -2.19. The molecule has 6 aromatic rings. The van der Waals surface area contributed by atoms with Crippen molar-refractivity contribution >= 4 is 0 Å². The van der Waals surface area contributed by atoms with Gasteiger partial charge in [0.2, 0.25) is 0 Å². The van der Waals surface area contributed by atoms with E-state index in [0.717, 1.165) is 59.1 Å². The monoisotopic (exact) mass is 726 g/mol. The van der Waals surface area contributed by atoms with Gasteiger partial charge in [0.25, 0.3) is 0 Å². The summed E-state index contributed by atoms with van der Waals surface area (Å²) in [5.41, 5.74) is 8.31. The van der Waals surface area contributed by atoms with Crippen LogP contribution in [0.15, 0.2) is 121 Å². The molecule has 8 heteroatoms. The van der Waals surface area contributed by atoms with Crippen molar-refractivity contribution in [2.45, 2.75) is 57.3 Å². The molecule has 8 nitrogen and oxygen atoms in total. The van der Waals surface area contributed by atoms with Gasteiger partial charge in [-0.25, -0.2) is 0 Å². The highest BCUT2D eigenvalue weighted by Gasteiger charge is 2.25. The van der Waals surface area contributed by atoms with Crippen LogP contribution in [0.2, 0.25) is 0 Å². The molecule has 0 aliphatic rings. The van der Waals surface area contributed by atoms with E-state index in [2.05, 4.69) is 48.5 Å². The van der Waals surface area contributed by atoms with Crippen molar-refractivity contribution in [1.82, 2.24) is 0 Å². The Labute approximate surface area is 315 Å². The Bertz CT molecular complexity index is 2100. The van der Waals surface area contributed by atoms with Gasteiger partial charge in [-0.1, -0.05) is 72.8 Å². The number of phenols is 8. The smallest absolute Gasteiger partial charge is 0.200 e. The van der Waals surface area contributed by atoms with Crippen LogP contribution in [0.4, 0.5) is 0 Å². The summed E-state index contributed by atoms with van der Waals surface area (Å²) in [6.07, 6.45) is 5.85. The molecular formula is C46H46O8. The second kappa shape index (κ2) is 17.0. The average Bonchev–Trinajstić information content (AvgIpc) is 3.17. The van der Waals surface area contributed by atoms with Crippen LogP contribution in [-0.4, -0.2) is 40.9 Å². The van der Waals surface area contributed by atoms with Crippen LogP contribution in [0.5, 0.6) is 46.0 Å². The van der Waals surface area contributed by atoms with Crippen LogP contribution in [0.3, 0.4) is 0 Å². The summed E-state index contributed by atoms with van der Waals surface area (Å²) in [6.45, 7) is 0. The molecule has 0 aliphatic heterocycles. The normalized spacial score (nSPS) is 12.4. The van der Waals surface area contributed by atoms with Gasteiger partial charge in [-0.05, 0) is 156 Å². The zero-order chi connectivity index (χ0) is 38.2. The lowest BCUT2D eigenvalue weighted by atomic mass is 9.75. The molecule has 54 heavy (non-hydrogen) atoms. The maximum absolute atomic E-state index is 10.2. The Morgan fingerprint density at radius 1 is 0.333 bits per heavy atom. The van der Waals surface area contributed by atoms with Gasteiger partial charge in [0, 0.05) is 0 Å². The first kappa shape index (κ1) is 37.5. The number of aryl methyl sites for hydroxylation is 5. The topological polar surface area (TPSA) is 162 Å². The Hall–Kier alpha value is -6.28. The SMILES string of the molecule is Oc1ccc(CC[C@H](Cc2ccc(CCc3cc(O)c(O)c(O)c3)cc2)[C@@H](Cc2ccc(CCc3cc(O)c(O)c(O)c3)cc2)c2ccc(O)cc2)cc1. The number of rotatable bonds is 15. The van der Waals surface area contributed by atoms with Crippen molar-refractivity contribution in [1.29, 1.82) is 0 Å². The molecule has 0 aromatic heterocycles. The predicted octanol–water partition coefficient (Wildman–Crippen LogP) is 8.72. The Morgan fingerprint density at radius 2 is 0.667 bits per heavy atom. The molecule has 0 saturated carbocycles. The Balaban J connectivity index is 1.21. The van der Waals surface area contributed by atoms with Gasteiger partial charge in [-0.2, -0.15) is 0 Å². The van der Waals surface area contributed by atoms with E-state index in [9.17, 15) is 40.9 Å². The Morgan fingerprint density at radius 3 is 1.11 bits per heavy atom. The van der Waals surface area contributed by atoms with Crippen LogP contribution in [-0.2, 0) is 44.9 Å². The van der Waals surface area contributed by atoms with Gasteiger partial charge < -0.3 is 40.9 Å². The molecule has 0 radical (unpaired) electrons. The van der Waals surface area contributed by atoms with Gasteiger partial charge in [-0.15, -0.1) is 0 Å². The standard InChI is InChI=1S/C46H46O8/c47-38-19-14-31(15-20-38)13-16-37(23-32-7-1-29(2-8-32)5-11-34-25-41(49)45(53)42(50)26-34)40(36-17-21-39(48)22-18-36)24-33-9-3-30(4-10-33)6-12-35-27-43(51)46(54)44(52)28-35/h1-4,7-10,14-15,17-22,25-28,37,40,47-54H,5-6,11-13,16,23-24H2/t37-,40+/m1/s1. The molecule has 0 spiro atoms. The first-order valence-corrected chi connectivity index (χ1v) is 18.2. The van der Waals surface area contributed by atoms with Crippen molar-refractivity contribution < 1.29 is 40.9 Å². The highest BCUT2D eigenvalue weighted by atomic mass is 16.3. The fraction of sp³-hybridized carbons (Fsp3) is 0.217. The molecule has 8 N–H and O–H groups in total. The van der Waals surface area contributed by atoms with Gasteiger partial charge >= 0.3 is 0 Å². The second-order valence-corrected chi connectivity index (χ2v) is 14.2. The summed E-state index contributed by atoms with van der Waals surface area (Å²) in [4.78, 5) is 0. The summed E-state index contributed by atoms with van der Waals surface area (Å²) in [5.74, 6) is -1.62. The fourth-order valence-corrected chi connectivity index (χ4v) is 7.17. The van der Waals surface area contributed by atoms with E-state index < -0.39 is 11.5 Å². The first-order chi connectivity index (χ1) is 26.0. The maximum atomic E-state index is 10.2. The van der Waals surface area contributed by atoms with Gasteiger partial charge in [-0.3, -0.25) is 0 Å². The van der Waals surface area contributed by atoms with E-state index in [1.54, 1.807) is 24.3 Å². The summed E-state index contributed by atoms with van der Waals surface area (Å²) in [5, 5.41) is 79.0. The quantitative estimate of drug-likeness (QED) is 0.0488. The van der Waals surface area contributed by atoms with Crippen molar-refractivity contribution in [2.75, 3.05) is 0 Å². The van der Waals surface area contributed by atoms with E-state index in [1.165, 1.54) is 35.4 Å². The number of hydrogen-bond donors (Lipinski definition) is 8. The third kappa shape index (κ3) is 9.77. The molecular weight excluding hydrogens is 680 g/mol. The highest BCUT2D eigenvalue weighted by molar-refractivity contribution is 5.52. The van der Waals surface area contributed by atoms with E-state index in [1.807, 2.05) is 24.3 Å². The Kier molecular flexibility index (Phi) is 11.8. The average molecular weight is 727 g/mol. The zero-order valence-corrected chi connectivity index (χ0v) is 29.9. The zero-order valence-electron chi connectivity index (χ0n) is 29.9.